The molecule has 0 saturated carbocycles. The van der Waals surface area contributed by atoms with Crippen molar-refractivity contribution in [2.24, 2.45) is 5.73 Å². The lowest BCUT2D eigenvalue weighted by molar-refractivity contribution is -0.127. The van der Waals surface area contributed by atoms with Crippen LogP contribution in [0.5, 0.6) is 0 Å². The highest BCUT2D eigenvalue weighted by atomic mass is 35.5. The SMILES string of the molecule is NC(=O)n1cc(N2CCN3CC[C@@H](C(=O)NCc4cccc(Cl)c4F)N3C2=O)c2cc(P(=O)(O)c3ccccc3)ccc21. The zero-order valence-corrected chi connectivity index (χ0v) is 24.3. The van der Waals surface area contributed by atoms with E-state index in [1.807, 2.05) is 0 Å². The Balaban J connectivity index is 1.32. The maximum absolute atomic E-state index is 14.4. The summed E-state index contributed by atoms with van der Waals surface area (Å²) in [6.45, 7) is 0.977. The van der Waals surface area contributed by atoms with E-state index in [0.717, 1.165) is 0 Å². The Morgan fingerprint density at radius 1 is 1.05 bits per heavy atom. The van der Waals surface area contributed by atoms with Gasteiger partial charge in [-0.3, -0.25) is 18.8 Å². The van der Waals surface area contributed by atoms with Crippen molar-refractivity contribution in [3.8, 4) is 0 Å². The summed E-state index contributed by atoms with van der Waals surface area (Å²) in [7, 11) is -4.01. The standard InChI is InChI=1S/C29H27ClFN6O5P/c30-22-8-4-5-18(26(22)31)16-33-27(38)24-11-12-34-13-14-35(29(40)37(24)34)25-17-36(28(32)39)23-10-9-20(15-21(23)25)43(41,42)19-6-2-1-3-7-19/h1-10,15,17,24H,11-14,16H2,(H2,32,39)(H,33,38)(H,41,42)/t24-/m0/s1. The fourth-order valence-electron chi connectivity index (χ4n) is 5.62. The van der Waals surface area contributed by atoms with Crippen LogP contribution in [-0.4, -0.2) is 63.1 Å². The molecule has 4 N–H and O–H groups in total. The lowest BCUT2D eigenvalue weighted by atomic mass is 10.1. The Labute approximate surface area is 250 Å². The molecule has 4 aromatic rings. The van der Waals surface area contributed by atoms with Crippen LogP contribution in [0, 0.1) is 5.82 Å². The second-order valence-electron chi connectivity index (χ2n) is 10.3. The van der Waals surface area contributed by atoms with Crippen LogP contribution in [0.2, 0.25) is 5.02 Å². The van der Waals surface area contributed by atoms with Crippen LogP contribution in [0.4, 0.5) is 19.7 Å². The van der Waals surface area contributed by atoms with Gasteiger partial charge >= 0.3 is 12.1 Å². The van der Waals surface area contributed by atoms with E-state index in [0.29, 0.717) is 36.1 Å². The second-order valence-corrected chi connectivity index (χ2v) is 12.9. The zero-order valence-electron chi connectivity index (χ0n) is 22.7. The van der Waals surface area contributed by atoms with Crippen LogP contribution in [0.15, 0.2) is 72.9 Å². The first-order valence-corrected chi connectivity index (χ1v) is 15.5. The highest BCUT2D eigenvalue weighted by Crippen LogP contribution is 2.41. The van der Waals surface area contributed by atoms with E-state index >= 15 is 0 Å². The van der Waals surface area contributed by atoms with Gasteiger partial charge in [-0.15, -0.1) is 0 Å². The largest absolute Gasteiger partial charge is 0.351 e. The number of benzene rings is 3. The van der Waals surface area contributed by atoms with Crippen molar-refractivity contribution in [3.63, 3.8) is 0 Å². The molecule has 222 valence electrons. The minimum absolute atomic E-state index is 0.0553. The minimum atomic E-state index is -4.01. The number of carbonyl (C=O) groups is 3. The molecular formula is C29H27ClFN6O5P. The predicted molar refractivity (Wildman–Crippen MR) is 160 cm³/mol. The molecule has 6 rings (SSSR count). The van der Waals surface area contributed by atoms with Gasteiger partial charge in [0.05, 0.1) is 16.2 Å². The number of hydrogen-bond donors (Lipinski definition) is 3. The lowest BCUT2D eigenvalue weighted by Gasteiger charge is -2.41. The zero-order chi connectivity index (χ0) is 30.5. The molecule has 2 aliphatic rings. The van der Waals surface area contributed by atoms with Crippen molar-refractivity contribution in [3.05, 3.63) is 89.3 Å². The van der Waals surface area contributed by atoms with E-state index in [2.05, 4.69) is 5.32 Å². The molecule has 11 nitrogen and oxygen atoms in total. The Hall–Kier alpha value is -4.22. The van der Waals surface area contributed by atoms with Crippen LogP contribution in [0.1, 0.15) is 12.0 Å². The number of hydrogen-bond acceptors (Lipinski definition) is 5. The van der Waals surface area contributed by atoms with Crippen LogP contribution < -0.4 is 26.6 Å². The van der Waals surface area contributed by atoms with E-state index < -0.39 is 37.2 Å². The smallest absolute Gasteiger partial charge is 0.339 e. The molecule has 14 heteroatoms. The molecule has 1 unspecified atom stereocenters. The third kappa shape index (κ3) is 5.06. The normalized spacial score (nSPS) is 18.5. The highest BCUT2D eigenvalue weighted by Gasteiger charge is 2.45. The molecule has 0 bridgehead atoms. The van der Waals surface area contributed by atoms with Crippen molar-refractivity contribution >= 4 is 64.1 Å². The number of halogens is 2. The molecule has 3 aromatic carbocycles. The molecule has 1 aromatic heterocycles. The highest BCUT2D eigenvalue weighted by molar-refractivity contribution is 7.73. The van der Waals surface area contributed by atoms with Gasteiger partial charge in [0.1, 0.15) is 11.9 Å². The Kier molecular flexibility index (Phi) is 7.47. The van der Waals surface area contributed by atoms with E-state index in [4.69, 9.17) is 17.3 Å². The third-order valence-corrected chi connectivity index (χ3v) is 10.1. The van der Waals surface area contributed by atoms with Crippen molar-refractivity contribution in [1.82, 2.24) is 19.9 Å². The molecule has 2 fully saturated rings. The van der Waals surface area contributed by atoms with Crippen molar-refractivity contribution in [2.45, 2.75) is 19.0 Å². The first-order valence-electron chi connectivity index (χ1n) is 13.5. The summed E-state index contributed by atoms with van der Waals surface area (Å²) < 4.78 is 29.0. The van der Waals surface area contributed by atoms with E-state index in [-0.39, 0.29) is 34.3 Å². The number of primary amides is 1. The van der Waals surface area contributed by atoms with E-state index in [1.54, 1.807) is 41.4 Å². The van der Waals surface area contributed by atoms with Crippen LogP contribution in [0.3, 0.4) is 0 Å². The van der Waals surface area contributed by atoms with Gasteiger partial charge in [-0.2, -0.15) is 0 Å². The molecule has 0 spiro atoms. The molecule has 2 atom stereocenters. The number of urea groups is 1. The first-order chi connectivity index (χ1) is 20.6. The lowest BCUT2D eigenvalue weighted by Crippen LogP contribution is -2.61. The van der Waals surface area contributed by atoms with Crippen LogP contribution in [-0.2, 0) is 15.9 Å². The van der Waals surface area contributed by atoms with Crippen molar-refractivity contribution in [1.29, 1.82) is 0 Å². The van der Waals surface area contributed by atoms with E-state index in [9.17, 15) is 28.2 Å². The number of nitrogens with one attached hydrogen (secondary N) is 1. The summed E-state index contributed by atoms with van der Waals surface area (Å²) in [5.41, 5.74) is 6.51. The van der Waals surface area contributed by atoms with Crippen LogP contribution in [0.25, 0.3) is 10.9 Å². The van der Waals surface area contributed by atoms with Gasteiger partial charge in [-0.05, 0) is 42.8 Å². The number of fused-ring (bicyclic) bond motifs is 2. The average Bonchev–Trinajstić information content (AvgIpc) is 3.61. The van der Waals surface area contributed by atoms with E-state index in [1.165, 1.54) is 51.0 Å². The predicted octanol–water partition coefficient (Wildman–Crippen LogP) is 3.13. The monoisotopic (exact) mass is 624 g/mol. The molecule has 4 amide bonds. The van der Waals surface area contributed by atoms with Crippen molar-refractivity contribution < 1.29 is 28.2 Å². The fraction of sp³-hybridized carbons (Fsp3) is 0.207. The van der Waals surface area contributed by atoms with Gasteiger partial charge in [-0.1, -0.05) is 41.9 Å². The number of nitrogens with zero attached hydrogens (tertiary/aromatic N) is 4. The van der Waals surface area contributed by atoms with Crippen molar-refractivity contribution in [2.75, 3.05) is 24.5 Å². The molecule has 2 saturated heterocycles. The maximum Gasteiger partial charge on any atom is 0.339 e. The number of nitrogens with two attached hydrogens (primary N) is 1. The number of anilines is 1. The number of carbonyl (C=O) groups excluding carboxylic acids is 3. The molecule has 0 aliphatic carbocycles. The number of rotatable bonds is 6. The number of aromatic nitrogens is 1. The molecule has 2 aliphatic heterocycles. The van der Waals surface area contributed by atoms with Gasteiger partial charge in [0.25, 0.3) is 7.37 Å². The van der Waals surface area contributed by atoms with Gasteiger partial charge in [0.2, 0.25) is 5.91 Å². The maximum atomic E-state index is 14.4. The van der Waals surface area contributed by atoms with Gasteiger partial charge in [0, 0.05) is 53.9 Å². The second kappa shape index (κ2) is 11.1. The molecule has 43 heavy (non-hydrogen) atoms. The quantitative estimate of drug-likeness (QED) is 0.282. The summed E-state index contributed by atoms with van der Waals surface area (Å²) in [5.74, 6) is -1.08. The average molecular weight is 625 g/mol. The Morgan fingerprint density at radius 2 is 1.81 bits per heavy atom. The minimum Gasteiger partial charge on any atom is -0.351 e. The molecule has 3 heterocycles. The van der Waals surface area contributed by atoms with Crippen LogP contribution >= 0.6 is 19.0 Å². The van der Waals surface area contributed by atoms with Gasteiger partial charge < -0.3 is 15.9 Å². The summed E-state index contributed by atoms with van der Waals surface area (Å²) in [5, 5.41) is 6.52. The van der Waals surface area contributed by atoms with Gasteiger partial charge in [0.15, 0.2) is 0 Å². The summed E-state index contributed by atoms with van der Waals surface area (Å²) in [6.07, 6.45) is 1.78. The Morgan fingerprint density at radius 3 is 2.56 bits per heavy atom. The molecule has 0 radical (unpaired) electrons. The fourth-order valence-corrected chi connectivity index (χ4v) is 7.27. The van der Waals surface area contributed by atoms with Gasteiger partial charge in [-0.25, -0.2) is 24.0 Å². The Bertz CT molecular complexity index is 1820. The first kappa shape index (κ1) is 28.9. The number of hydrazine groups is 1. The summed E-state index contributed by atoms with van der Waals surface area (Å²) >= 11 is 5.86. The summed E-state index contributed by atoms with van der Waals surface area (Å²) in [6, 6.07) is 15.0. The third-order valence-electron chi connectivity index (χ3n) is 7.81. The molecular weight excluding hydrogens is 598 g/mol. The topological polar surface area (TPSA) is 141 Å². The summed E-state index contributed by atoms with van der Waals surface area (Å²) in [4.78, 5) is 52.0. The number of amides is 4.